The Labute approximate surface area is 133 Å². The lowest BCUT2D eigenvalue weighted by atomic mass is 10.2. The maximum atomic E-state index is 11.6. The molecule has 0 spiro atoms. The normalized spacial score (nSPS) is 10.8. The summed E-state index contributed by atoms with van der Waals surface area (Å²) in [5, 5.41) is 4.48. The average molecular weight is 321 g/mol. The predicted octanol–water partition coefficient (Wildman–Crippen LogP) is 3.55. The van der Waals surface area contributed by atoms with Gasteiger partial charge < -0.3 is 9.15 Å². The second-order valence-electron chi connectivity index (χ2n) is 4.67. The van der Waals surface area contributed by atoms with Gasteiger partial charge in [0.1, 0.15) is 11.5 Å². The Hall–Kier alpha value is -2.27. The summed E-state index contributed by atoms with van der Waals surface area (Å²) in [6.07, 6.45) is 3.93. The molecule has 2 aromatic rings. The summed E-state index contributed by atoms with van der Waals surface area (Å²) in [5.74, 6) is 1.20. The van der Waals surface area contributed by atoms with Crippen LogP contribution in [0.25, 0.3) is 0 Å². The highest BCUT2D eigenvalue weighted by atomic mass is 35.5. The standard InChI is InChI=1S/C16H17ClN2O3/c1-12-10-13(17)6-7-15(12)22-9-3-5-16(20)19-18-11-14-4-2-8-21-14/h2,4,6-8,10-11H,3,5,9H2,1H3,(H,19,20). The van der Waals surface area contributed by atoms with Gasteiger partial charge in [0.2, 0.25) is 5.91 Å². The number of benzene rings is 1. The van der Waals surface area contributed by atoms with Crippen LogP contribution in [0.2, 0.25) is 5.02 Å². The van der Waals surface area contributed by atoms with Crippen molar-refractivity contribution in [1.82, 2.24) is 5.43 Å². The topological polar surface area (TPSA) is 63.8 Å². The molecule has 1 aromatic heterocycles. The number of nitrogens with one attached hydrogen (secondary N) is 1. The second-order valence-corrected chi connectivity index (χ2v) is 5.11. The Bertz CT molecular complexity index is 639. The van der Waals surface area contributed by atoms with E-state index in [4.69, 9.17) is 20.8 Å². The van der Waals surface area contributed by atoms with Gasteiger partial charge in [0.25, 0.3) is 0 Å². The molecule has 0 saturated heterocycles. The summed E-state index contributed by atoms with van der Waals surface area (Å²) < 4.78 is 10.7. The summed E-state index contributed by atoms with van der Waals surface area (Å²) >= 11 is 5.88. The van der Waals surface area contributed by atoms with Gasteiger partial charge in [-0.2, -0.15) is 5.10 Å². The number of hydrogen-bond donors (Lipinski definition) is 1. The Balaban J connectivity index is 1.64. The van der Waals surface area contributed by atoms with E-state index in [0.717, 1.165) is 11.3 Å². The number of rotatable bonds is 7. The van der Waals surface area contributed by atoms with E-state index in [0.29, 0.717) is 30.2 Å². The Morgan fingerprint density at radius 2 is 2.32 bits per heavy atom. The van der Waals surface area contributed by atoms with Gasteiger partial charge in [0.15, 0.2) is 0 Å². The van der Waals surface area contributed by atoms with E-state index in [1.165, 1.54) is 6.21 Å². The maximum Gasteiger partial charge on any atom is 0.240 e. The smallest absolute Gasteiger partial charge is 0.240 e. The maximum absolute atomic E-state index is 11.6. The van der Waals surface area contributed by atoms with Crippen molar-refractivity contribution in [2.24, 2.45) is 5.10 Å². The van der Waals surface area contributed by atoms with E-state index in [1.54, 1.807) is 24.5 Å². The molecule has 1 aromatic carbocycles. The average Bonchev–Trinajstić information content (AvgIpc) is 2.99. The van der Waals surface area contributed by atoms with Crippen LogP contribution in [-0.2, 0) is 4.79 Å². The van der Waals surface area contributed by atoms with Crippen LogP contribution in [0, 0.1) is 6.92 Å². The minimum atomic E-state index is -0.167. The highest BCUT2D eigenvalue weighted by Crippen LogP contribution is 2.21. The van der Waals surface area contributed by atoms with Gasteiger partial charge in [-0.05, 0) is 49.2 Å². The lowest BCUT2D eigenvalue weighted by Gasteiger charge is -2.08. The summed E-state index contributed by atoms with van der Waals surface area (Å²) in [5.41, 5.74) is 3.41. The number of carbonyl (C=O) groups excluding carboxylic acids is 1. The van der Waals surface area contributed by atoms with Crippen molar-refractivity contribution in [1.29, 1.82) is 0 Å². The van der Waals surface area contributed by atoms with Gasteiger partial charge in [-0.25, -0.2) is 5.43 Å². The summed E-state index contributed by atoms with van der Waals surface area (Å²) in [4.78, 5) is 11.6. The number of carbonyl (C=O) groups is 1. The number of ether oxygens (including phenoxy) is 1. The van der Waals surface area contributed by atoms with Crippen LogP contribution in [0.1, 0.15) is 24.2 Å². The van der Waals surface area contributed by atoms with Gasteiger partial charge in [-0.1, -0.05) is 11.6 Å². The van der Waals surface area contributed by atoms with Crippen molar-refractivity contribution < 1.29 is 13.9 Å². The van der Waals surface area contributed by atoms with E-state index < -0.39 is 0 Å². The van der Waals surface area contributed by atoms with Crippen molar-refractivity contribution in [3.05, 3.63) is 52.9 Å². The Morgan fingerprint density at radius 1 is 1.45 bits per heavy atom. The summed E-state index contributed by atoms with van der Waals surface area (Å²) in [7, 11) is 0. The van der Waals surface area contributed by atoms with Crippen molar-refractivity contribution in [2.75, 3.05) is 6.61 Å². The van der Waals surface area contributed by atoms with Crippen molar-refractivity contribution in [3.8, 4) is 5.75 Å². The van der Waals surface area contributed by atoms with E-state index >= 15 is 0 Å². The fourth-order valence-corrected chi connectivity index (χ4v) is 2.00. The molecule has 116 valence electrons. The number of halogens is 1. The molecule has 2 rings (SSSR count). The van der Waals surface area contributed by atoms with Gasteiger partial charge >= 0.3 is 0 Å². The van der Waals surface area contributed by atoms with Crippen molar-refractivity contribution in [3.63, 3.8) is 0 Å². The van der Waals surface area contributed by atoms with Crippen LogP contribution in [-0.4, -0.2) is 18.7 Å². The monoisotopic (exact) mass is 320 g/mol. The molecule has 0 aliphatic rings. The highest BCUT2D eigenvalue weighted by molar-refractivity contribution is 6.30. The van der Waals surface area contributed by atoms with Crippen molar-refractivity contribution in [2.45, 2.75) is 19.8 Å². The minimum Gasteiger partial charge on any atom is -0.493 e. The second kappa shape index (κ2) is 8.24. The molecule has 0 bridgehead atoms. The molecule has 0 saturated carbocycles. The Morgan fingerprint density at radius 3 is 3.05 bits per heavy atom. The fourth-order valence-electron chi connectivity index (χ4n) is 1.78. The molecule has 0 atom stereocenters. The van der Waals surface area contributed by atoms with Crippen LogP contribution < -0.4 is 10.2 Å². The predicted molar refractivity (Wildman–Crippen MR) is 85.4 cm³/mol. The lowest BCUT2D eigenvalue weighted by molar-refractivity contribution is -0.121. The molecule has 22 heavy (non-hydrogen) atoms. The molecule has 1 heterocycles. The van der Waals surface area contributed by atoms with Crippen LogP contribution in [0.15, 0.2) is 46.1 Å². The van der Waals surface area contributed by atoms with Gasteiger partial charge in [0.05, 0.1) is 19.1 Å². The number of furan rings is 1. The molecule has 1 N–H and O–H groups in total. The first-order valence-electron chi connectivity index (χ1n) is 6.89. The highest BCUT2D eigenvalue weighted by Gasteiger charge is 2.02. The number of aryl methyl sites for hydroxylation is 1. The number of hydrogen-bond acceptors (Lipinski definition) is 4. The van der Waals surface area contributed by atoms with Crippen LogP contribution in [0.3, 0.4) is 0 Å². The zero-order valence-corrected chi connectivity index (χ0v) is 13.0. The van der Waals surface area contributed by atoms with Crippen LogP contribution in [0.4, 0.5) is 0 Å². The molecule has 0 unspecified atom stereocenters. The Kier molecular flexibility index (Phi) is 6.03. The number of nitrogens with zero attached hydrogens (tertiary/aromatic N) is 1. The zero-order chi connectivity index (χ0) is 15.8. The van der Waals surface area contributed by atoms with E-state index in [1.807, 2.05) is 19.1 Å². The molecule has 0 radical (unpaired) electrons. The lowest BCUT2D eigenvalue weighted by Crippen LogP contribution is -2.18. The third kappa shape index (κ3) is 5.26. The molecule has 5 nitrogen and oxygen atoms in total. The SMILES string of the molecule is Cc1cc(Cl)ccc1OCCCC(=O)NN=Cc1ccco1. The first-order valence-corrected chi connectivity index (χ1v) is 7.27. The quantitative estimate of drug-likeness (QED) is 0.482. The molecular formula is C16H17ClN2O3. The summed E-state index contributed by atoms with van der Waals surface area (Å²) in [6, 6.07) is 8.94. The molecule has 6 heteroatoms. The molecule has 0 aliphatic heterocycles. The molecular weight excluding hydrogens is 304 g/mol. The van der Waals surface area contributed by atoms with Gasteiger partial charge in [-0.15, -0.1) is 0 Å². The number of hydrazone groups is 1. The first-order chi connectivity index (χ1) is 10.6. The van der Waals surface area contributed by atoms with Crippen LogP contribution in [0.5, 0.6) is 5.75 Å². The molecule has 0 aliphatic carbocycles. The third-order valence-corrected chi connectivity index (χ3v) is 3.10. The number of amides is 1. The first kappa shape index (κ1) is 16.1. The summed E-state index contributed by atoms with van der Waals surface area (Å²) in [6.45, 7) is 2.38. The van der Waals surface area contributed by atoms with Crippen molar-refractivity contribution >= 4 is 23.7 Å². The fraction of sp³-hybridized carbons (Fsp3) is 0.250. The third-order valence-electron chi connectivity index (χ3n) is 2.87. The van der Waals surface area contributed by atoms with E-state index in [9.17, 15) is 4.79 Å². The molecule has 1 amide bonds. The van der Waals surface area contributed by atoms with Gasteiger partial charge in [0, 0.05) is 11.4 Å². The minimum absolute atomic E-state index is 0.167. The van der Waals surface area contributed by atoms with Crippen LogP contribution >= 0.6 is 11.6 Å². The van der Waals surface area contributed by atoms with Gasteiger partial charge in [-0.3, -0.25) is 4.79 Å². The largest absolute Gasteiger partial charge is 0.493 e. The van der Waals surface area contributed by atoms with E-state index in [-0.39, 0.29) is 5.91 Å². The molecule has 0 fully saturated rings. The van der Waals surface area contributed by atoms with E-state index in [2.05, 4.69) is 10.5 Å². The zero-order valence-electron chi connectivity index (χ0n) is 12.2.